The predicted octanol–water partition coefficient (Wildman–Crippen LogP) is 3.00. The number of H-pyrrole nitrogens is 1. The highest BCUT2D eigenvalue weighted by atomic mass is 16.5. The first-order valence-electron chi connectivity index (χ1n) is 9.87. The van der Waals surface area contributed by atoms with Crippen LogP contribution in [0.15, 0.2) is 54.3 Å². The number of benzene rings is 2. The third kappa shape index (κ3) is 3.96. The number of imidazole rings is 1. The molecule has 1 aliphatic rings. The maximum absolute atomic E-state index is 11.0. The van der Waals surface area contributed by atoms with Crippen LogP contribution in [-0.4, -0.2) is 34.3 Å². The molecule has 0 saturated heterocycles. The number of nitrogens with zero attached hydrogens (tertiary/aromatic N) is 2. The van der Waals surface area contributed by atoms with Gasteiger partial charge in [-0.15, -0.1) is 0 Å². The molecule has 6 heteroatoms. The van der Waals surface area contributed by atoms with Crippen molar-refractivity contribution in [2.45, 2.75) is 38.4 Å². The standard InChI is InChI=1S/C23H24N4O2/c1-15(27(17-9-10-17)14-16-7-11-18(29-2)12-8-16)22(28)19(13-24)23-25-20-5-3-4-6-21(20)26-23/h3-8,11-12,15,17,28H,9-10,14H2,1-2H3,(H,25,26)/p+1/b22-19-/t15-/m0/s1. The largest absolute Gasteiger partial charge is 0.505 e. The number of aliphatic hydroxyl groups excluding tert-OH is 1. The quantitative estimate of drug-likeness (QED) is 0.428. The van der Waals surface area contributed by atoms with Gasteiger partial charge in [0, 0.05) is 18.4 Å². The van der Waals surface area contributed by atoms with Gasteiger partial charge in [-0.05, 0) is 43.3 Å². The van der Waals surface area contributed by atoms with Gasteiger partial charge in [-0.1, -0.05) is 12.1 Å². The van der Waals surface area contributed by atoms with E-state index in [1.54, 1.807) is 7.11 Å². The fourth-order valence-electron chi connectivity index (χ4n) is 3.78. The van der Waals surface area contributed by atoms with Gasteiger partial charge in [0.1, 0.15) is 30.0 Å². The number of hydrogen-bond donors (Lipinski definition) is 3. The van der Waals surface area contributed by atoms with Crippen molar-refractivity contribution in [1.82, 2.24) is 9.97 Å². The van der Waals surface area contributed by atoms with Gasteiger partial charge in [0.25, 0.3) is 0 Å². The lowest BCUT2D eigenvalue weighted by atomic mass is 10.1. The Bertz CT molecular complexity index is 1040. The molecule has 0 amide bonds. The van der Waals surface area contributed by atoms with Crippen LogP contribution in [0.25, 0.3) is 16.6 Å². The summed E-state index contributed by atoms with van der Waals surface area (Å²) in [5.41, 5.74) is 3.01. The summed E-state index contributed by atoms with van der Waals surface area (Å²) in [6, 6.07) is 18.1. The zero-order valence-corrected chi connectivity index (χ0v) is 16.6. The second kappa shape index (κ2) is 7.98. The van der Waals surface area contributed by atoms with E-state index in [1.165, 1.54) is 10.5 Å². The van der Waals surface area contributed by atoms with Crippen LogP contribution < -0.4 is 9.64 Å². The number of quaternary nitrogens is 1. The molecule has 0 spiro atoms. The number of aliphatic hydroxyl groups is 1. The van der Waals surface area contributed by atoms with Crippen molar-refractivity contribution in [2.75, 3.05) is 7.11 Å². The van der Waals surface area contributed by atoms with Crippen LogP contribution in [0.1, 0.15) is 31.2 Å². The molecule has 2 atom stereocenters. The maximum atomic E-state index is 11.0. The van der Waals surface area contributed by atoms with Gasteiger partial charge in [0.15, 0.2) is 11.6 Å². The van der Waals surface area contributed by atoms with Crippen LogP contribution in [0.5, 0.6) is 5.75 Å². The second-order valence-corrected chi connectivity index (χ2v) is 7.57. The lowest BCUT2D eigenvalue weighted by molar-refractivity contribution is -0.943. The molecule has 0 aliphatic heterocycles. The van der Waals surface area contributed by atoms with Crippen molar-refractivity contribution >= 4 is 16.6 Å². The average Bonchev–Trinajstić information content (AvgIpc) is 3.50. The minimum absolute atomic E-state index is 0.0852. The number of aromatic amines is 1. The molecule has 148 valence electrons. The third-order valence-electron chi connectivity index (χ3n) is 5.63. The Balaban J connectivity index is 1.62. The molecular weight excluding hydrogens is 364 g/mol. The van der Waals surface area contributed by atoms with Crippen LogP contribution in [-0.2, 0) is 6.54 Å². The monoisotopic (exact) mass is 389 g/mol. The van der Waals surface area contributed by atoms with Crippen molar-refractivity contribution < 1.29 is 14.7 Å². The molecule has 6 nitrogen and oxygen atoms in total. The third-order valence-corrected chi connectivity index (χ3v) is 5.63. The molecule has 0 bridgehead atoms. The van der Waals surface area contributed by atoms with Crippen LogP contribution in [0.3, 0.4) is 0 Å². The first kappa shape index (κ1) is 19.0. The summed E-state index contributed by atoms with van der Waals surface area (Å²) in [7, 11) is 1.66. The number of nitrogens with one attached hydrogen (secondary N) is 2. The van der Waals surface area contributed by atoms with Crippen molar-refractivity contribution in [3.05, 3.63) is 65.7 Å². The van der Waals surface area contributed by atoms with Crippen molar-refractivity contribution in [1.29, 1.82) is 5.26 Å². The Morgan fingerprint density at radius 2 is 2.00 bits per heavy atom. The normalized spacial score (nSPS) is 16.7. The van der Waals surface area contributed by atoms with E-state index in [2.05, 4.69) is 28.2 Å². The summed E-state index contributed by atoms with van der Waals surface area (Å²) in [5, 5.41) is 20.8. The number of fused-ring (bicyclic) bond motifs is 1. The molecule has 3 aromatic rings. The van der Waals surface area contributed by atoms with Crippen LogP contribution in [0, 0.1) is 11.3 Å². The van der Waals surface area contributed by atoms with Gasteiger partial charge >= 0.3 is 0 Å². The number of para-hydroxylation sites is 2. The molecule has 2 aromatic carbocycles. The number of aromatic nitrogens is 2. The van der Waals surface area contributed by atoms with E-state index in [-0.39, 0.29) is 17.4 Å². The number of ether oxygens (including phenoxy) is 1. The number of allylic oxidation sites excluding steroid dienone is 1. The zero-order valence-electron chi connectivity index (χ0n) is 16.6. The molecule has 3 N–H and O–H groups in total. The summed E-state index contributed by atoms with van der Waals surface area (Å²) in [6.45, 7) is 2.76. The molecule has 4 rings (SSSR count). The topological polar surface area (TPSA) is 86.4 Å². The Morgan fingerprint density at radius 3 is 2.62 bits per heavy atom. The Labute approximate surface area is 170 Å². The first-order valence-corrected chi connectivity index (χ1v) is 9.87. The summed E-state index contributed by atoms with van der Waals surface area (Å²) in [4.78, 5) is 8.91. The predicted molar refractivity (Wildman–Crippen MR) is 111 cm³/mol. The van der Waals surface area contributed by atoms with Crippen LogP contribution >= 0.6 is 0 Å². The molecule has 1 aliphatic carbocycles. The fourth-order valence-corrected chi connectivity index (χ4v) is 3.78. The number of nitriles is 1. The van der Waals surface area contributed by atoms with Crippen LogP contribution in [0.2, 0.25) is 0 Å². The van der Waals surface area contributed by atoms with E-state index < -0.39 is 0 Å². The summed E-state index contributed by atoms with van der Waals surface area (Å²) < 4.78 is 5.24. The number of methoxy groups -OCH3 is 1. The number of hydrogen-bond acceptors (Lipinski definition) is 4. The molecule has 0 radical (unpaired) electrons. The Kier molecular flexibility index (Phi) is 5.24. The second-order valence-electron chi connectivity index (χ2n) is 7.57. The van der Waals surface area contributed by atoms with Crippen LogP contribution in [0.4, 0.5) is 0 Å². The molecular formula is C23H25N4O2+. The summed E-state index contributed by atoms with van der Waals surface area (Å²) >= 11 is 0. The lowest BCUT2D eigenvalue weighted by Gasteiger charge is -2.26. The number of rotatable bonds is 7. The van der Waals surface area contributed by atoms with E-state index in [1.807, 2.05) is 43.3 Å². The molecule has 1 heterocycles. The maximum Gasteiger partial charge on any atom is 0.172 e. The highest BCUT2D eigenvalue weighted by Crippen LogP contribution is 2.22. The van der Waals surface area contributed by atoms with Crippen molar-refractivity contribution in [2.24, 2.45) is 0 Å². The molecule has 29 heavy (non-hydrogen) atoms. The highest BCUT2D eigenvalue weighted by molar-refractivity contribution is 5.82. The summed E-state index contributed by atoms with van der Waals surface area (Å²) in [5.74, 6) is 1.33. The smallest absolute Gasteiger partial charge is 0.172 e. The van der Waals surface area contributed by atoms with E-state index >= 15 is 0 Å². The molecule has 1 fully saturated rings. The van der Waals surface area contributed by atoms with E-state index in [0.717, 1.165) is 36.2 Å². The van der Waals surface area contributed by atoms with Gasteiger partial charge in [0.05, 0.1) is 24.2 Å². The average molecular weight is 389 g/mol. The highest BCUT2D eigenvalue weighted by Gasteiger charge is 2.39. The van der Waals surface area contributed by atoms with Gasteiger partial charge in [-0.3, -0.25) is 0 Å². The molecule has 1 saturated carbocycles. The minimum atomic E-state index is -0.215. The minimum Gasteiger partial charge on any atom is -0.505 e. The lowest BCUT2D eigenvalue weighted by Crippen LogP contribution is -3.15. The van der Waals surface area contributed by atoms with Gasteiger partial charge in [-0.2, -0.15) is 5.26 Å². The Morgan fingerprint density at radius 1 is 1.28 bits per heavy atom. The van der Waals surface area contributed by atoms with E-state index in [9.17, 15) is 10.4 Å². The molecule has 1 unspecified atom stereocenters. The Hall–Kier alpha value is -3.30. The van der Waals surface area contributed by atoms with Gasteiger partial charge in [-0.25, -0.2) is 4.98 Å². The van der Waals surface area contributed by atoms with Gasteiger partial charge < -0.3 is 19.7 Å². The van der Waals surface area contributed by atoms with E-state index in [4.69, 9.17) is 4.74 Å². The van der Waals surface area contributed by atoms with Crippen molar-refractivity contribution in [3.8, 4) is 11.8 Å². The summed E-state index contributed by atoms with van der Waals surface area (Å²) in [6.07, 6.45) is 2.27. The van der Waals surface area contributed by atoms with Gasteiger partial charge in [0.2, 0.25) is 0 Å². The molecule has 1 aromatic heterocycles. The first-order chi connectivity index (χ1) is 14.1. The fraction of sp³-hybridized carbons (Fsp3) is 0.304. The zero-order chi connectivity index (χ0) is 20.4. The SMILES string of the molecule is COc1ccc(C[NH+](C2CC2)[C@@H](C)/C(O)=C(\C#N)c2nc3ccccc3[nH]2)cc1. The van der Waals surface area contributed by atoms with E-state index in [0.29, 0.717) is 11.9 Å². The van der Waals surface area contributed by atoms with Crippen molar-refractivity contribution in [3.63, 3.8) is 0 Å².